The fourth-order valence-electron chi connectivity index (χ4n) is 4.24. The maximum absolute atomic E-state index is 13.1. The van der Waals surface area contributed by atoms with E-state index in [1.165, 1.54) is 17.7 Å². The molecule has 5 nitrogen and oxygen atoms in total. The number of hydrogen-bond acceptors (Lipinski definition) is 4. The molecule has 2 bridgehead atoms. The van der Waals surface area contributed by atoms with Crippen molar-refractivity contribution in [3.63, 3.8) is 0 Å². The van der Waals surface area contributed by atoms with Crippen molar-refractivity contribution in [2.75, 3.05) is 0 Å². The summed E-state index contributed by atoms with van der Waals surface area (Å²) in [7, 11) is 0. The van der Waals surface area contributed by atoms with Gasteiger partial charge in [0.15, 0.2) is 0 Å². The number of benzene rings is 1. The second kappa shape index (κ2) is 6.00. The van der Waals surface area contributed by atoms with Crippen LogP contribution in [0, 0.1) is 12.7 Å². The zero-order valence-electron chi connectivity index (χ0n) is 13.6. The molecule has 2 aliphatic rings. The summed E-state index contributed by atoms with van der Waals surface area (Å²) in [6, 6.07) is 7.34. The average molecular weight is 329 g/mol. The second-order valence-corrected chi connectivity index (χ2v) is 6.88. The van der Waals surface area contributed by atoms with E-state index >= 15 is 0 Å². The molecule has 6 heteroatoms. The zero-order chi connectivity index (χ0) is 16.7. The first kappa shape index (κ1) is 15.3. The van der Waals surface area contributed by atoms with Crippen LogP contribution in [0.1, 0.15) is 48.6 Å². The van der Waals surface area contributed by atoms with Gasteiger partial charge in [-0.3, -0.25) is 4.79 Å². The molecule has 1 aromatic heterocycles. The number of hydrogen-bond donors (Lipinski definition) is 0. The van der Waals surface area contributed by atoms with Gasteiger partial charge in [0.1, 0.15) is 17.2 Å². The van der Waals surface area contributed by atoms with E-state index in [2.05, 4.69) is 14.9 Å². The summed E-state index contributed by atoms with van der Waals surface area (Å²) in [6.45, 7) is 1.80. The van der Waals surface area contributed by atoms with Crippen LogP contribution in [-0.2, 0) is 11.2 Å². The normalized spacial score (nSPS) is 25.9. The fraction of sp³-hybridized carbons (Fsp3) is 0.500. The molecule has 3 heterocycles. The Hall–Kier alpha value is -2.24. The van der Waals surface area contributed by atoms with Crippen LogP contribution in [0.4, 0.5) is 4.39 Å². The summed E-state index contributed by atoms with van der Waals surface area (Å²) in [5.74, 6) is 0.312. The van der Waals surface area contributed by atoms with E-state index in [1.54, 1.807) is 6.92 Å². The Morgan fingerprint density at radius 1 is 1.21 bits per heavy atom. The molecule has 0 unspecified atom stereocenters. The molecule has 0 radical (unpaired) electrons. The van der Waals surface area contributed by atoms with E-state index in [1.807, 2.05) is 17.0 Å². The van der Waals surface area contributed by atoms with Crippen LogP contribution in [0.5, 0.6) is 0 Å². The topological polar surface area (TPSA) is 59.2 Å². The van der Waals surface area contributed by atoms with Gasteiger partial charge in [0, 0.05) is 12.1 Å². The molecule has 126 valence electrons. The molecule has 0 saturated carbocycles. The predicted octanol–water partition coefficient (Wildman–Crippen LogP) is 3.00. The Bertz CT molecular complexity index is 729. The van der Waals surface area contributed by atoms with Gasteiger partial charge in [-0.2, -0.15) is 0 Å². The Morgan fingerprint density at radius 3 is 2.46 bits per heavy atom. The molecule has 2 saturated heterocycles. The number of carbonyl (C=O) groups excluding carboxylic acids is 1. The predicted molar refractivity (Wildman–Crippen MR) is 84.8 cm³/mol. The molecular formula is C18H20FN3O2. The number of amides is 1. The molecule has 1 amide bonds. The maximum Gasteiger partial charge on any atom is 0.229 e. The number of carbonyl (C=O) groups is 1. The number of nitrogens with zero attached hydrogens (tertiary/aromatic N) is 3. The molecule has 1 aromatic carbocycles. The van der Waals surface area contributed by atoms with Crippen LogP contribution >= 0.6 is 0 Å². The zero-order valence-corrected chi connectivity index (χ0v) is 13.6. The van der Waals surface area contributed by atoms with Crippen LogP contribution < -0.4 is 0 Å². The first-order valence-electron chi connectivity index (χ1n) is 8.46. The van der Waals surface area contributed by atoms with Gasteiger partial charge in [-0.05, 0) is 56.2 Å². The molecule has 24 heavy (non-hydrogen) atoms. The lowest BCUT2D eigenvalue weighted by atomic mass is 9.85. The maximum atomic E-state index is 13.1. The van der Waals surface area contributed by atoms with E-state index in [0.717, 1.165) is 25.7 Å². The smallest absolute Gasteiger partial charge is 0.229 e. The highest BCUT2D eigenvalue weighted by atomic mass is 19.1. The number of fused-ring (bicyclic) bond motifs is 2. The van der Waals surface area contributed by atoms with E-state index in [0.29, 0.717) is 17.3 Å². The Morgan fingerprint density at radius 2 is 1.88 bits per heavy atom. The molecule has 2 aliphatic heterocycles. The standard InChI is InChI=1S/C18H20FN3O2/c1-11-17(21-24-20-11)10-18(23)22-15-6-7-16(22)9-13(8-15)12-2-4-14(19)5-3-12/h2-5,13,15-16H,6-10H2,1H3/t15-,16-/m0/s1. The summed E-state index contributed by atoms with van der Waals surface area (Å²) in [4.78, 5) is 14.8. The highest BCUT2D eigenvalue weighted by molar-refractivity contribution is 5.79. The van der Waals surface area contributed by atoms with Crippen molar-refractivity contribution in [3.8, 4) is 0 Å². The molecule has 2 atom stereocenters. The van der Waals surface area contributed by atoms with E-state index in [9.17, 15) is 9.18 Å². The summed E-state index contributed by atoms with van der Waals surface area (Å²) >= 11 is 0. The quantitative estimate of drug-likeness (QED) is 0.868. The molecule has 0 spiro atoms. The van der Waals surface area contributed by atoms with E-state index in [-0.39, 0.29) is 30.2 Å². The minimum absolute atomic E-state index is 0.110. The average Bonchev–Trinajstić information content (AvgIpc) is 3.08. The number of halogens is 1. The van der Waals surface area contributed by atoms with Crippen LogP contribution in [0.3, 0.4) is 0 Å². The largest absolute Gasteiger partial charge is 0.336 e. The lowest BCUT2D eigenvalue weighted by Crippen LogP contribution is -2.46. The summed E-state index contributed by atoms with van der Waals surface area (Å²) < 4.78 is 17.8. The molecule has 0 aliphatic carbocycles. The van der Waals surface area contributed by atoms with Gasteiger partial charge in [0.2, 0.25) is 5.91 Å². The van der Waals surface area contributed by atoms with Crippen molar-refractivity contribution in [3.05, 3.63) is 47.0 Å². The van der Waals surface area contributed by atoms with Gasteiger partial charge in [-0.25, -0.2) is 9.02 Å². The lowest BCUT2D eigenvalue weighted by Gasteiger charge is -2.39. The fourth-order valence-corrected chi connectivity index (χ4v) is 4.24. The number of aryl methyl sites for hydroxylation is 1. The van der Waals surface area contributed by atoms with Gasteiger partial charge in [-0.15, -0.1) is 0 Å². The SMILES string of the molecule is Cc1nonc1CC(=O)N1[C@H]2CC[C@H]1CC(c1ccc(F)cc1)C2. The van der Waals surface area contributed by atoms with Crippen molar-refractivity contribution in [1.29, 1.82) is 0 Å². The number of piperidine rings is 1. The van der Waals surface area contributed by atoms with Gasteiger partial charge in [-0.1, -0.05) is 22.4 Å². The summed E-state index contributed by atoms with van der Waals surface area (Å²) in [6.07, 6.45) is 4.24. The minimum Gasteiger partial charge on any atom is -0.336 e. The van der Waals surface area contributed by atoms with Crippen LogP contribution in [0.25, 0.3) is 0 Å². The molecular weight excluding hydrogens is 309 g/mol. The Balaban J connectivity index is 1.47. The van der Waals surface area contributed by atoms with Crippen molar-refractivity contribution in [1.82, 2.24) is 15.2 Å². The van der Waals surface area contributed by atoms with Crippen molar-refractivity contribution >= 4 is 5.91 Å². The van der Waals surface area contributed by atoms with Gasteiger partial charge in [0.25, 0.3) is 0 Å². The highest BCUT2D eigenvalue weighted by Crippen LogP contribution is 2.43. The highest BCUT2D eigenvalue weighted by Gasteiger charge is 2.43. The summed E-state index contributed by atoms with van der Waals surface area (Å²) in [5, 5.41) is 7.56. The monoisotopic (exact) mass is 329 g/mol. The van der Waals surface area contributed by atoms with Crippen LogP contribution in [0.15, 0.2) is 28.9 Å². The third-order valence-electron chi connectivity index (χ3n) is 5.43. The van der Waals surface area contributed by atoms with Crippen molar-refractivity contribution in [2.45, 2.75) is 57.0 Å². The van der Waals surface area contributed by atoms with Crippen LogP contribution in [0.2, 0.25) is 0 Å². The third-order valence-corrected chi connectivity index (χ3v) is 5.43. The van der Waals surface area contributed by atoms with Gasteiger partial charge >= 0.3 is 0 Å². The number of aromatic nitrogens is 2. The number of rotatable bonds is 3. The first-order chi connectivity index (χ1) is 11.6. The van der Waals surface area contributed by atoms with Crippen molar-refractivity contribution in [2.24, 2.45) is 0 Å². The first-order valence-corrected chi connectivity index (χ1v) is 8.46. The van der Waals surface area contributed by atoms with Gasteiger partial charge in [0.05, 0.1) is 6.42 Å². The van der Waals surface area contributed by atoms with Crippen LogP contribution in [-0.4, -0.2) is 33.2 Å². The lowest BCUT2D eigenvalue weighted by molar-refractivity contribution is -0.135. The Kier molecular flexibility index (Phi) is 3.82. The van der Waals surface area contributed by atoms with E-state index in [4.69, 9.17) is 0 Å². The van der Waals surface area contributed by atoms with Gasteiger partial charge < -0.3 is 4.90 Å². The summed E-state index contributed by atoms with van der Waals surface area (Å²) in [5.41, 5.74) is 2.48. The molecule has 0 N–H and O–H groups in total. The third kappa shape index (κ3) is 2.70. The molecule has 2 fully saturated rings. The van der Waals surface area contributed by atoms with Crippen molar-refractivity contribution < 1.29 is 13.8 Å². The van der Waals surface area contributed by atoms with E-state index < -0.39 is 0 Å². The minimum atomic E-state index is -0.203. The molecule has 2 aromatic rings. The Labute approximate surface area is 139 Å². The second-order valence-electron chi connectivity index (χ2n) is 6.88. The molecule has 4 rings (SSSR count).